The van der Waals surface area contributed by atoms with Gasteiger partial charge in [0.1, 0.15) is 12.2 Å². The van der Waals surface area contributed by atoms with Gasteiger partial charge in [0.25, 0.3) is 0 Å². The van der Waals surface area contributed by atoms with Gasteiger partial charge in [-0.3, -0.25) is 0 Å². The van der Waals surface area contributed by atoms with E-state index >= 15 is 0 Å². The molecule has 0 bridgehead atoms. The zero-order chi connectivity index (χ0) is 8.27. The molecule has 0 aromatic rings. The maximum atomic E-state index is 10.8. The molecule has 0 radical (unpaired) electrons. The van der Waals surface area contributed by atoms with Gasteiger partial charge in [-0.2, -0.15) is 0 Å². The normalized spacial score (nSPS) is 19.1. The molecule has 0 spiro atoms. The van der Waals surface area contributed by atoms with Crippen molar-refractivity contribution >= 4 is 6.16 Å². The van der Waals surface area contributed by atoms with Gasteiger partial charge < -0.3 is 9.47 Å². The Morgan fingerprint density at radius 1 is 1.64 bits per heavy atom. The average molecular weight is 158 g/mol. The first kappa shape index (κ1) is 8.37. The Hall–Kier alpha value is -0.730. The summed E-state index contributed by atoms with van der Waals surface area (Å²) in [6, 6.07) is 0. The monoisotopic (exact) mass is 158 g/mol. The molecule has 0 heterocycles. The summed E-state index contributed by atoms with van der Waals surface area (Å²) in [6.45, 7) is 3.82. The van der Waals surface area contributed by atoms with Crippen LogP contribution in [0.3, 0.4) is 0 Å². The molecule has 1 aliphatic rings. The topological polar surface area (TPSA) is 35.5 Å². The number of rotatable bonds is 3. The van der Waals surface area contributed by atoms with Crippen molar-refractivity contribution in [2.45, 2.75) is 45.3 Å². The van der Waals surface area contributed by atoms with E-state index in [1.165, 1.54) is 0 Å². The van der Waals surface area contributed by atoms with E-state index in [0.717, 1.165) is 19.3 Å². The van der Waals surface area contributed by atoms with Gasteiger partial charge in [0.15, 0.2) is 0 Å². The van der Waals surface area contributed by atoms with Gasteiger partial charge in [-0.15, -0.1) is 0 Å². The Morgan fingerprint density at radius 2 is 2.27 bits per heavy atom. The number of ether oxygens (including phenoxy) is 2. The first-order valence-corrected chi connectivity index (χ1v) is 4.09. The molecule has 0 aromatic carbocycles. The summed E-state index contributed by atoms with van der Waals surface area (Å²) in [5.41, 5.74) is 0. The zero-order valence-electron chi connectivity index (χ0n) is 7.00. The number of hydrogen-bond donors (Lipinski definition) is 0. The summed E-state index contributed by atoms with van der Waals surface area (Å²) < 4.78 is 9.76. The molecule has 64 valence electrons. The standard InChI is InChI=1S/C8H14O3/c1-3-6(2)10-8(9)11-7-4-5-7/h6-7H,3-5H2,1-2H3. The van der Waals surface area contributed by atoms with E-state index in [-0.39, 0.29) is 12.2 Å². The van der Waals surface area contributed by atoms with Crippen molar-refractivity contribution in [2.24, 2.45) is 0 Å². The highest BCUT2D eigenvalue weighted by Crippen LogP contribution is 2.24. The van der Waals surface area contributed by atoms with Crippen molar-refractivity contribution in [1.29, 1.82) is 0 Å². The molecule has 3 heteroatoms. The second-order valence-corrected chi connectivity index (χ2v) is 2.90. The van der Waals surface area contributed by atoms with E-state index in [0.29, 0.717) is 0 Å². The lowest BCUT2D eigenvalue weighted by atomic mass is 10.3. The van der Waals surface area contributed by atoms with E-state index < -0.39 is 6.16 Å². The third kappa shape index (κ3) is 3.25. The van der Waals surface area contributed by atoms with Crippen molar-refractivity contribution in [3.05, 3.63) is 0 Å². The minimum Gasteiger partial charge on any atom is -0.431 e. The molecule has 1 unspecified atom stereocenters. The minimum atomic E-state index is -0.512. The minimum absolute atomic E-state index is 0.0266. The molecule has 0 saturated heterocycles. The highest BCUT2D eigenvalue weighted by molar-refractivity contribution is 5.60. The molecule has 11 heavy (non-hydrogen) atoms. The summed E-state index contributed by atoms with van der Waals surface area (Å²) >= 11 is 0. The molecule has 1 fully saturated rings. The lowest BCUT2D eigenvalue weighted by Crippen LogP contribution is -2.15. The van der Waals surface area contributed by atoms with E-state index in [2.05, 4.69) is 0 Å². The summed E-state index contributed by atoms with van der Waals surface area (Å²) in [7, 11) is 0. The highest BCUT2D eigenvalue weighted by Gasteiger charge is 2.27. The van der Waals surface area contributed by atoms with Crippen LogP contribution >= 0.6 is 0 Å². The number of carbonyl (C=O) groups excluding carboxylic acids is 1. The van der Waals surface area contributed by atoms with Crippen LogP contribution in [0.5, 0.6) is 0 Å². The van der Waals surface area contributed by atoms with Crippen molar-refractivity contribution in [1.82, 2.24) is 0 Å². The van der Waals surface area contributed by atoms with Gasteiger partial charge in [-0.1, -0.05) is 6.92 Å². The average Bonchev–Trinajstić information content (AvgIpc) is 2.71. The van der Waals surface area contributed by atoms with Crippen LogP contribution in [0.2, 0.25) is 0 Å². The van der Waals surface area contributed by atoms with Crippen LogP contribution in [0, 0.1) is 0 Å². The van der Waals surface area contributed by atoms with Gasteiger partial charge in [-0.25, -0.2) is 4.79 Å². The van der Waals surface area contributed by atoms with Gasteiger partial charge in [0, 0.05) is 0 Å². The molecule has 3 nitrogen and oxygen atoms in total. The lowest BCUT2D eigenvalue weighted by Gasteiger charge is -2.09. The van der Waals surface area contributed by atoms with Gasteiger partial charge >= 0.3 is 6.16 Å². The molecule has 0 aromatic heterocycles. The Bertz CT molecular complexity index is 140. The van der Waals surface area contributed by atoms with Crippen LogP contribution in [0.15, 0.2) is 0 Å². The van der Waals surface area contributed by atoms with E-state index in [4.69, 9.17) is 9.47 Å². The van der Waals surface area contributed by atoms with Gasteiger partial charge in [0.2, 0.25) is 0 Å². The summed E-state index contributed by atoms with van der Waals surface area (Å²) in [5, 5.41) is 0. The first-order valence-electron chi connectivity index (χ1n) is 4.09. The predicted octanol–water partition coefficient (Wildman–Crippen LogP) is 2.10. The molecular weight excluding hydrogens is 144 g/mol. The molecular formula is C8H14O3. The lowest BCUT2D eigenvalue weighted by molar-refractivity contribution is 0.0235. The molecule has 0 N–H and O–H groups in total. The number of hydrogen-bond acceptors (Lipinski definition) is 3. The quantitative estimate of drug-likeness (QED) is 0.590. The van der Waals surface area contributed by atoms with Crippen LogP contribution in [0.1, 0.15) is 33.1 Å². The van der Waals surface area contributed by atoms with Crippen LogP contribution in [-0.4, -0.2) is 18.4 Å². The summed E-state index contributed by atoms with van der Waals surface area (Å²) in [4.78, 5) is 10.8. The molecule has 0 aliphatic heterocycles. The van der Waals surface area contributed by atoms with E-state index in [9.17, 15) is 4.79 Å². The van der Waals surface area contributed by atoms with E-state index in [1.54, 1.807) is 0 Å². The highest BCUT2D eigenvalue weighted by atomic mass is 16.7. The predicted molar refractivity (Wildman–Crippen MR) is 40.3 cm³/mol. The Labute approximate surface area is 66.7 Å². The Balaban J connectivity index is 2.08. The second-order valence-electron chi connectivity index (χ2n) is 2.90. The van der Waals surface area contributed by atoms with Gasteiger partial charge in [0.05, 0.1) is 0 Å². The molecule has 1 rings (SSSR count). The smallest absolute Gasteiger partial charge is 0.431 e. The van der Waals surface area contributed by atoms with E-state index in [1.807, 2.05) is 13.8 Å². The van der Waals surface area contributed by atoms with Crippen LogP contribution < -0.4 is 0 Å². The maximum Gasteiger partial charge on any atom is 0.508 e. The summed E-state index contributed by atoms with van der Waals surface area (Å²) in [6.07, 6.45) is 2.43. The zero-order valence-corrected chi connectivity index (χ0v) is 7.00. The second kappa shape index (κ2) is 3.60. The summed E-state index contributed by atoms with van der Waals surface area (Å²) in [5.74, 6) is 0. The van der Waals surface area contributed by atoms with Crippen LogP contribution in [0.25, 0.3) is 0 Å². The number of carbonyl (C=O) groups is 1. The van der Waals surface area contributed by atoms with Crippen LogP contribution in [0.4, 0.5) is 4.79 Å². The van der Waals surface area contributed by atoms with Crippen molar-refractivity contribution in [3.63, 3.8) is 0 Å². The Morgan fingerprint density at radius 3 is 2.73 bits per heavy atom. The largest absolute Gasteiger partial charge is 0.508 e. The Kier molecular flexibility index (Phi) is 2.74. The fourth-order valence-corrected chi connectivity index (χ4v) is 0.597. The SMILES string of the molecule is CCC(C)OC(=O)OC1CC1. The van der Waals surface area contributed by atoms with Crippen molar-refractivity contribution in [2.75, 3.05) is 0 Å². The van der Waals surface area contributed by atoms with Gasteiger partial charge in [-0.05, 0) is 26.2 Å². The third-order valence-corrected chi connectivity index (χ3v) is 1.66. The molecule has 1 atom stereocenters. The fraction of sp³-hybridized carbons (Fsp3) is 0.875. The molecule has 1 saturated carbocycles. The van der Waals surface area contributed by atoms with Crippen molar-refractivity contribution in [3.8, 4) is 0 Å². The van der Waals surface area contributed by atoms with Crippen molar-refractivity contribution < 1.29 is 14.3 Å². The fourth-order valence-electron chi connectivity index (χ4n) is 0.597. The third-order valence-electron chi connectivity index (χ3n) is 1.66. The molecule has 1 aliphatic carbocycles. The first-order chi connectivity index (χ1) is 5.22. The maximum absolute atomic E-state index is 10.8. The molecule has 0 amide bonds. The van der Waals surface area contributed by atoms with Crippen LogP contribution in [-0.2, 0) is 9.47 Å².